The number of thioether (sulfide) groups is 2. The van der Waals surface area contributed by atoms with E-state index in [-0.39, 0.29) is 54.0 Å². The smallest absolute Gasteiger partial charge is 0.211 e. The number of aliphatic hydroxyl groups is 3. The summed E-state index contributed by atoms with van der Waals surface area (Å²) >= 11 is 3.48. The number of piperidine rings is 1. The van der Waals surface area contributed by atoms with Crippen molar-refractivity contribution in [2.45, 2.75) is 306 Å². The van der Waals surface area contributed by atoms with Gasteiger partial charge in [-0.25, -0.2) is 33.7 Å². The van der Waals surface area contributed by atoms with Crippen molar-refractivity contribution in [3.8, 4) is 31.1 Å². The molecule has 634 valence electrons. The van der Waals surface area contributed by atoms with Crippen LogP contribution in [0.2, 0.25) is 0 Å². The monoisotopic (exact) mass is 1650 g/mol. The second-order valence-corrected chi connectivity index (χ2v) is 50.9. The maximum Gasteiger partial charge on any atom is 0.211 e. The number of carbonyl (C=O) groups excluding carboxylic acids is 1. The van der Waals surface area contributed by atoms with Gasteiger partial charge in [0.1, 0.15) is 37.7 Å². The lowest BCUT2D eigenvalue weighted by molar-refractivity contribution is -0.120. The lowest BCUT2D eigenvalue weighted by Gasteiger charge is -2.36. The van der Waals surface area contributed by atoms with Crippen LogP contribution in [0.1, 0.15) is 268 Å². The molecule has 0 saturated carbocycles. The number of carbonyl (C=O) groups is 1. The van der Waals surface area contributed by atoms with Gasteiger partial charge in [-0.1, -0.05) is 203 Å². The number of nitriles is 1. The summed E-state index contributed by atoms with van der Waals surface area (Å²) in [4.78, 5) is 30.3. The highest BCUT2D eigenvalue weighted by Crippen LogP contribution is 2.45. The highest BCUT2D eigenvalue weighted by molar-refractivity contribution is 8.13. The van der Waals surface area contributed by atoms with Crippen molar-refractivity contribution >= 4 is 86.3 Å². The number of amidine groups is 3. The molecule has 3 unspecified atom stereocenters. The number of sulfone groups is 3. The van der Waals surface area contributed by atoms with E-state index in [1.807, 2.05) is 22.7 Å². The molecule has 6 heterocycles. The average molecular weight is 1660 g/mol. The average Bonchev–Trinajstić information content (AvgIpc) is 1.10. The van der Waals surface area contributed by atoms with Crippen LogP contribution in [0.3, 0.4) is 0 Å². The van der Waals surface area contributed by atoms with Crippen LogP contribution in [0.25, 0.3) is 0 Å². The van der Waals surface area contributed by atoms with Crippen molar-refractivity contribution in [3.63, 3.8) is 0 Å². The van der Waals surface area contributed by atoms with Crippen LogP contribution in [0, 0.1) is 74.3 Å². The van der Waals surface area contributed by atoms with E-state index in [4.69, 9.17) is 18.1 Å². The number of sulfonamides is 1. The summed E-state index contributed by atoms with van der Waals surface area (Å²) in [6, 6.07) is 11.9. The van der Waals surface area contributed by atoms with Crippen LogP contribution in [-0.4, -0.2) is 214 Å². The standard InChI is InChI=1S/C12H21N3O2.C12H20N2O.C12H20N2.C11H16O2S.C10H19NO2S.C10H18OS.C9H18O2S2.C8H18O2S/c1-12(2,3)5-11(14-8-13)15-6-9(16)4-10(17)7-15;1-5-13-11(8-12(2,3)4)14-7-6-10(15)9-14;1-5-13-11(10-12(2,3)4)14-8-6-7-9-14;1-11(2,3)9-6-5-7-10(8-9)14(4,12)13;1-10(2,3)9-6-5-7-11(8-9)14(4,12)13;1-10(2,3)7-8(11)9-5-4-6-12-9;1-9(2,3)7-5-6-8(12-7)13(4,10)11;1-8(2,3)6-5-7-11(4,9)10/h9-10,16-17H,4-7H2,1-3H3;1,10,15H,6-9H2,2-4H3;1H,6-10H2,2-4H3;5-8H,1-4H3;6H,5,7-8H2,1-4H3;9H,4-7H2,1-3H3;7-8H,5-6H2,1-4H3;5-7H2,1-4H3/t9-,10+;10-;;;;;;/m.0....../s1. The minimum atomic E-state index is -3.09. The topological polar surface area (TPSA) is 288 Å². The predicted molar refractivity (Wildman–Crippen MR) is 467 cm³/mol. The number of β-amino-alcohol motifs (C(OH)–C–C–N with tert-alkyl or cyclic N) is 3. The molecule has 20 nitrogen and oxygen atoms in total. The zero-order valence-electron chi connectivity index (χ0n) is 73.2. The maximum atomic E-state index is 11.6. The first-order valence-corrected chi connectivity index (χ1v) is 48.7. The molecule has 0 radical (unpaired) electrons. The summed E-state index contributed by atoms with van der Waals surface area (Å²) in [6.45, 7) is 57.0. The number of aliphatic hydroxyl groups excluding tert-OH is 3. The van der Waals surface area contributed by atoms with Crippen molar-refractivity contribution in [3.05, 3.63) is 41.5 Å². The third kappa shape index (κ3) is 49.7. The van der Waals surface area contributed by atoms with Gasteiger partial charge >= 0.3 is 0 Å². The molecule has 0 aromatic heterocycles. The zero-order chi connectivity index (χ0) is 85.7. The van der Waals surface area contributed by atoms with E-state index < -0.39 is 51.7 Å². The second-order valence-electron chi connectivity index (χ2n) is 39.4. The first-order valence-electron chi connectivity index (χ1n) is 39.0. The third-order valence-corrected chi connectivity index (χ3v) is 27.1. The maximum absolute atomic E-state index is 11.6. The van der Waals surface area contributed by atoms with E-state index in [9.17, 15) is 53.8 Å². The van der Waals surface area contributed by atoms with Crippen molar-refractivity contribution in [2.24, 2.45) is 52.9 Å². The zero-order valence-corrected chi connectivity index (χ0v) is 78.1. The summed E-state index contributed by atoms with van der Waals surface area (Å²) in [5.74, 6) is 4.65. The van der Waals surface area contributed by atoms with Crippen LogP contribution in [0.4, 0.5) is 0 Å². The molecule has 0 bridgehead atoms. The highest BCUT2D eigenvalue weighted by atomic mass is 32.3. The summed E-state index contributed by atoms with van der Waals surface area (Å²) in [5.41, 5.74) is 3.42. The molecule has 7 rings (SSSR count). The Kier molecular flexibility index (Phi) is 44.4. The molecule has 6 atom stereocenters. The molecule has 0 spiro atoms. The lowest BCUT2D eigenvalue weighted by atomic mass is 9.85. The number of benzene rings is 1. The minimum absolute atomic E-state index is 0.0132. The van der Waals surface area contributed by atoms with Gasteiger partial charge in [-0.2, -0.15) is 36.3 Å². The Morgan fingerprint density at radius 3 is 1.41 bits per heavy atom. The van der Waals surface area contributed by atoms with E-state index in [1.165, 1.54) is 55.6 Å². The first kappa shape index (κ1) is 106. The van der Waals surface area contributed by atoms with Crippen molar-refractivity contribution in [2.75, 3.05) is 88.9 Å². The summed E-state index contributed by atoms with van der Waals surface area (Å²) < 4.78 is 90.7. The fourth-order valence-corrected chi connectivity index (χ4v) is 18.6. The van der Waals surface area contributed by atoms with E-state index in [1.54, 1.807) is 40.5 Å². The lowest BCUT2D eigenvalue weighted by Crippen LogP contribution is -2.49. The van der Waals surface area contributed by atoms with E-state index in [0.29, 0.717) is 78.3 Å². The Labute approximate surface area is 680 Å². The first-order chi connectivity index (χ1) is 49.6. The van der Waals surface area contributed by atoms with E-state index in [0.717, 1.165) is 101 Å². The van der Waals surface area contributed by atoms with Crippen LogP contribution in [0.15, 0.2) is 55.8 Å². The van der Waals surface area contributed by atoms with Crippen LogP contribution in [-0.2, 0) is 49.7 Å². The Balaban J connectivity index is 0.00000124. The largest absolute Gasteiger partial charge is 0.391 e. The number of rotatable bonds is 11. The van der Waals surface area contributed by atoms with E-state index >= 15 is 0 Å². The fraction of sp³-hybridized carbons (Fsp3) is 0.798. The van der Waals surface area contributed by atoms with Crippen LogP contribution >= 0.6 is 23.5 Å². The Morgan fingerprint density at radius 1 is 0.573 bits per heavy atom. The number of likely N-dealkylation sites (tertiary alicyclic amines) is 3. The van der Waals surface area contributed by atoms with Gasteiger partial charge in [0.2, 0.25) is 16.2 Å². The molecule has 110 heavy (non-hydrogen) atoms. The summed E-state index contributed by atoms with van der Waals surface area (Å²) in [5, 5.41) is 38.2. The van der Waals surface area contributed by atoms with E-state index in [2.05, 4.69) is 209 Å². The van der Waals surface area contributed by atoms with Crippen LogP contribution < -0.4 is 0 Å². The molecule has 0 aliphatic carbocycles. The Morgan fingerprint density at radius 2 is 1.05 bits per heavy atom. The van der Waals surface area contributed by atoms with Crippen LogP contribution in [0.5, 0.6) is 0 Å². The van der Waals surface area contributed by atoms with Gasteiger partial charge < -0.3 is 30.0 Å². The van der Waals surface area contributed by atoms with Crippen molar-refractivity contribution in [1.29, 1.82) is 5.26 Å². The number of hydrogen-bond acceptors (Lipinski definition) is 18. The molecule has 5 saturated heterocycles. The highest BCUT2D eigenvalue weighted by Gasteiger charge is 2.38. The number of nitrogens with zero attached hydrogens (tertiary/aromatic N) is 8. The second kappa shape index (κ2) is 46.1. The number of ketones is 1. The van der Waals surface area contributed by atoms with Crippen molar-refractivity contribution in [1.82, 2.24) is 19.0 Å². The molecular formula is C84H150N8O12S6. The summed E-state index contributed by atoms with van der Waals surface area (Å²) in [7, 11) is -11.7. The quantitative estimate of drug-likeness (QED) is 0.0610. The van der Waals surface area contributed by atoms with Gasteiger partial charge in [0.05, 0.1) is 34.7 Å². The minimum Gasteiger partial charge on any atom is -0.391 e. The Hall–Kier alpha value is -4.01. The fourth-order valence-electron chi connectivity index (χ4n) is 12.1. The summed E-state index contributed by atoms with van der Waals surface area (Å²) in [6.07, 6.45) is 32.0. The molecule has 1 aromatic rings. The number of aliphatic imine (C=N–C) groups is 3. The van der Waals surface area contributed by atoms with Gasteiger partial charge in [0, 0.05) is 126 Å². The molecule has 1 aromatic carbocycles. The number of Topliss-reactive ketones (excluding diaryl/α,β-unsaturated/α-hetero) is 1. The third-order valence-electron chi connectivity index (χ3n) is 17.9. The number of hydrogen-bond donors (Lipinski definition) is 3. The molecule has 26 heteroatoms. The van der Waals surface area contributed by atoms with Gasteiger partial charge in [0.15, 0.2) is 19.7 Å². The molecular weight excluding hydrogens is 1510 g/mol. The normalized spacial score (nSPS) is 21.5. The van der Waals surface area contributed by atoms with Gasteiger partial charge in [-0.15, -0.1) is 11.8 Å². The predicted octanol–water partition coefficient (Wildman–Crippen LogP) is 15.8. The SMILES string of the molecule is C#CN=C(CC(C)(C)C)N1CCCC1.C#CN=C(CC(C)(C)C)N1CC[C@H](O)C1.CC(C)(C)C1=CCCN(S(C)(=O)=O)C1.CC(C)(C)C1CCC(S(C)(=O)=O)S1.CC(C)(C)CC(=NC#N)N1C[C@H](O)C[C@H](O)C1.CC(C)(C)CC(=O)C1CCCS1.CC(C)(C)CCCS(C)(=O)=O.CC(C)(C)c1cccc(S(C)(=O)=O)c1. The Bertz CT molecular complexity index is 3700. The molecule has 6 aliphatic heterocycles. The van der Waals surface area contributed by atoms with Gasteiger partial charge in [-0.05, 0) is 131 Å². The number of terminal acetylenes is 2. The molecule has 3 N–H and O–H groups in total. The van der Waals surface area contributed by atoms with Crippen molar-refractivity contribution < 1.29 is 53.8 Å². The van der Waals surface area contributed by atoms with Gasteiger partial charge in [0.25, 0.3) is 0 Å². The molecule has 0 amide bonds. The molecule has 6 aliphatic rings. The van der Waals surface area contributed by atoms with Gasteiger partial charge in [-0.3, -0.25) is 4.79 Å². The molecule has 5 fully saturated rings.